The van der Waals surface area contributed by atoms with Crippen LogP contribution in [0, 0.1) is 5.41 Å². The molecule has 1 aliphatic carbocycles. The minimum atomic E-state index is 0.478. The minimum absolute atomic E-state index is 0.478. The number of nitrogens with one attached hydrogen (secondary N) is 1. The normalized spacial score (nSPS) is 22.4. The lowest BCUT2D eigenvalue weighted by Gasteiger charge is -2.21. The predicted octanol–water partition coefficient (Wildman–Crippen LogP) is 3.17. The van der Waals surface area contributed by atoms with Gasteiger partial charge < -0.3 is 10.2 Å². The summed E-state index contributed by atoms with van der Waals surface area (Å²) in [5.41, 5.74) is 3.27. The first-order chi connectivity index (χ1) is 8.62. The first kappa shape index (κ1) is 12.0. The van der Waals surface area contributed by atoms with Crippen molar-refractivity contribution in [1.29, 1.82) is 0 Å². The molecule has 1 aromatic carbocycles. The molecule has 0 aromatic heterocycles. The third kappa shape index (κ3) is 2.86. The fraction of sp³-hybridized carbons (Fsp3) is 0.625. The molecule has 18 heavy (non-hydrogen) atoms. The molecule has 2 nitrogen and oxygen atoms in total. The van der Waals surface area contributed by atoms with Crippen LogP contribution in [0.15, 0.2) is 24.3 Å². The zero-order valence-electron chi connectivity index (χ0n) is 11.6. The van der Waals surface area contributed by atoms with Crippen molar-refractivity contribution >= 4 is 5.69 Å². The molecule has 0 bridgehead atoms. The van der Waals surface area contributed by atoms with Crippen molar-refractivity contribution in [2.24, 2.45) is 5.41 Å². The van der Waals surface area contributed by atoms with E-state index in [1.807, 2.05) is 0 Å². The second kappa shape index (κ2) is 4.58. The van der Waals surface area contributed by atoms with Crippen molar-refractivity contribution in [3.63, 3.8) is 0 Å². The molecule has 2 aliphatic rings. The number of anilines is 1. The van der Waals surface area contributed by atoms with Crippen LogP contribution < -0.4 is 10.2 Å². The smallest absolute Gasteiger partial charge is 0.0366 e. The van der Waals surface area contributed by atoms with Gasteiger partial charge in [-0.2, -0.15) is 0 Å². The van der Waals surface area contributed by atoms with Crippen molar-refractivity contribution in [2.45, 2.75) is 45.7 Å². The van der Waals surface area contributed by atoms with E-state index in [0.717, 1.165) is 12.6 Å². The van der Waals surface area contributed by atoms with Crippen LogP contribution in [0.2, 0.25) is 0 Å². The molecule has 0 atom stereocenters. The highest BCUT2D eigenvalue weighted by Gasteiger charge is 2.29. The van der Waals surface area contributed by atoms with Gasteiger partial charge in [0.25, 0.3) is 0 Å². The SMILES string of the molecule is CC1(C)CCN(c2ccc(CNC3CC3)cc2)C1. The van der Waals surface area contributed by atoms with Crippen molar-refractivity contribution < 1.29 is 0 Å². The summed E-state index contributed by atoms with van der Waals surface area (Å²) in [5.74, 6) is 0. The molecular weight excluding hydrogens is 220 g/mol. The number of rotatable bonds is 4. The molecule has 2 heteroatoms. The monoisotopic (exact) mass is 244 g/mol. The van der Waals surface area contributed by atoms with E-state index in [4.69, 9.17) is 0 Å². The van der Waals surface area contributed by atoms with Crippen LogP contribution in [0.4, 0.5) is 5.69 Å². The van der Waals surface area contributed by atoms with Crippen LogP contribution in [0.3, 0.4) is 0 Å². The summed E-state index contributed by atoms with van der Waals surface area (Å²) in [6, 6.07) is 9.91. The lowest BCUT2D eigenvalue weighted by Crippen LogP contribution is -2.22. The Morgan fingerprint density at radius 1 is 1.22 bits per heavy atom. The molecule has 1 saturated carbocycles. The van der Waals surface area contributed by atoms with E-state index >= 15 is 0 Å². The van der Waals surface area contributed by atoms with Crippen LogP contribution in [0.5, 0.6) is 0 Å². The molecule has 1 N–H and O–H groups in total. The van der Waals surface area contributed by atoms with Gasteiger partial charge in [0.2, 0.25) is 0 Å². The molecule has 1 aromatic rings. The summed E-state index contributed by atoms with van der Waals surface area (Å²) in [4.78, 5) is 2.51. The molecule has 98 valence electrons. The standard InChI is InChI=1S/C16H24N2/c1-16(2)9-10-18(12-16)15-7-3-13(4-8-15)11-17-14-5-6-14/h3-4,7-8,14,17H,5-6,9-12H2,1-2H3. The molecule has 0 radical (unpaired) electrons. The Morgan fingerprint density at radius 3 is 2.50 bits per heavy atom. The highest BCUT2D eigenvalue weighted by Crippen LogP contribution is 2.32. The molecule has 2 fully saturated rings. The van der Waals surface area contributed by atoms with E-state index in [1.165, 1.54) is 43.6 Å². The molecule has 1 heterocycles. The maximum atomic E-state index is 3.56. The first-order valence-corrected chi connectivity index (χ1v) is 7.20. The Kier molecular flexibility index (Phi) is 3.06. The Balaban J connectivity index is 1.60. The van der Waals surface area contributed by atoms with Gasteiger partial charge in [-0.15, -0.1) is 0 Å². The summed E-state index contributed by atoms with van der Waals surface area (Å²) in [6.07, 6.45) is 4.03. The van der Waals surface area contributed by atoms with Gasteiger partial charge in [0.15, 0.2) is 0 Å². The molecule has 1 saturated heterocycles. The lowest BCUT2D eigenvalue weighted by atomic mass is 9.93. The van der Waals surface area contributed by atoms with Crippen molar-refractivity contribution in [2.75, 3.05) is 18.0 Å². The molecule has 0 amide bonds. The molecule has 0 spiro atoms. The van der Waals surface area contributed by atoms with E-state index in [2.05, 4.69) is 48.3 Å². The van der Waals surface area contributed by atoms with Gasteiger partial charge in [0.05, 0.1) is 0 Å². The van der Waals surface area contributed by atoms with E-state index in [1.54, 1.807) is 0 Å². The summed E-state index contributed by atoms with van der Waals surface area (Å²) in [5, 5.41) is 3.56. The van der Waals surface area contributed by atoms with Crippen LogP contribution in [0.25, 0.3) is 0 Å². The fourth-order valence-electron chi connectivity index (χ4n) is 2.71. The number of hydrogen-bond donors (Lipinski definition) is 1. The van der Waals surface area contributed by atoms with E-state index < -0.39 is 0 Å². The van der Waals surface area contributed by atoms with Gasteiger partial charge in [-0.3, -0.25) is 0 Å². The Labute approximate surface area is 110 Å². The second-order valence-electron chi connectivity index (χ2n) is 6.66. The largest absolute Gasteiger partial charge is 0.371 e. The Bertz CT molecular complexity index is 404. The Morgan fingerprint density at radius 2 is 1.94 bits per heavy atom. The topological polar surface area (TPSA) is 15.3 Å². The van der Waals surface area contributed by atoms with Gasteiger partial charge in [-0.05, 0) is 42.4 Å². The van der Waals surface area contributed by atoms with Crippen molar-refractivity contribution in [3.05, 3.63) is 29.8 Å². The van der Waals surface area contributed by atoms with Crippen LogP contribution in [-0.2, 0) is 6.54 Å². The summed E-state index contributed by atoms with van der Waals surface area (Å²) >= 11 is 0. The zero-order chi connectivity index (χ0) is 12.6. The predicted molar refractivity (Wildman–Crippen MR) is 76.9 cm³/mol. The third-order valence-corrected chi connectivity index (χ3v) is 4.15. The number of benzene rings is 1. The highest BCUT2D eigenvalue weighted by molar-refractivity contribution is 5.48. The average Bonchev–Trinajstić information content (AvgIpc) is 3.11. The lowest BCUT2D eigenvalue weighted by molar-refractivity contribution is 0.418. The maximum absolute atomic E-state index is 3.56. The van der Waals surface area contributed by atoms with E-state index in [-0.39, 0.29) is 0 Å². The Hall–Kier alpha value is -1.02. The average molecular weight is 244 g/mol. The van der Waals surface area contributed by atoms with E-state index in [0.29, 0.717) is 5.41 Å². The molecule has 3 rings (SSSR count). The van der Waals surface area contributed by atoms with Gasteiger partial charge >= 0.3 is 0 Å². The van der Waals surface area contributed by atoms with Crippen molar-refractivity contribution in [3.8, 4) is 0 Å². The van der Waals surface area contributed by atoms with Gasteiger partial charge in [-0.25, -0.2) is 0 Å². The van der Waals surface area contributed by atoms with Crippen molar-refractivity contribution in [1.82, 2.24) is 5.32 Å². The zero-order valence-corrected chi connectivity index (χ0v) is 11.6. The van der Waals surface area contributed by atoms with Gasteiger partial charge in [0, 0.05) is 31.4 Å². The summed E-state index contributed by atoms with van der Waals surface area (Å²) in [6.45, 7) is 8.14. The van der Waals surface area contributed by atoms with E-state index in [9.17, 15) is 0 Å². The quantitative estimate of drug-likeness (QED) is 0.875. The maximum Gasteiger partial charge on any atom is 0.0366 e. The highest BCUT2D eigenvalue weighted by atomic mass is 15.2. The van der Waals surface area contributed by atoms with Gasteiger partial charge in [0.1, 0.15) is 0 Å². The molecule has 1 aliphatic heterocycles. The first-order valence-electron chi connectivity index (χ1n) is 7.20. The molecule has 0 unspecified atom stereocenters. The summed E-state index contributed by atoms with van der Waals surface area (Å²) in [7, 11) is 0. The second-order valence-corrected chi connectivity index (χ2v) is 6.66. The van der Waals surface area contributed by atoms with Crippen LogP contribution >= 0.6 is 0 Å². The number of hydrogen-bond acceptors (Lipinski definition) is 2. The summed E-state index contributed by atoms with van der Waals surface area (Å²) < 4.78 is 0. The van der Waals surface area contributed by atoms with Crippen LogP contribution in [-0.4, -0.2) is 19.1 Å². The third-order valence-electron chi connectivity index (χ3n) is 4.15. The number of nitrogens with zero attached hydrogens (tertiary/aromatic N) is 1. The molecular formula is C16H24N2. The van der Waals surface area contributed by atoms with Gasteiger partial charge in [-0.1, -0.05) is 26.0 Å². The minimum Gasteiger partial charge on any atom is -0.371 e. The van der Waals surface area contributed by atoms with Crippen LogP contribution in [0.1, 0.15) is 38.7 Å². The fourth-order valence-corrected chi connectivity index (χ4v) is 2.71.